The number of benzene rings is 2. The Bertz CT molecular complexity index is 939. The van der Waals surface area contributed by atoms with Crippen molar-refractivity contribution in [2.45, 2.75) is 32.6 Å². The van der Waals surface area contributed by atoms with Crippen LogP contribution in [-0.4, -0.2) is 38.8 Å². The average Bonchev–Trinajstić information content (AvgIpc) is 2.59. The number of rotatable bonds is 7. The molecule has 1 N–H and O–H groups in total. The number of anilines is 1. The molecule has 146 valence electrons. The van der Waals surface area contributed by atoms with E-state index in [1.54, 1.807) is 19.1 Å². The van der Waals surface area contributed by atoms with Crippen LogP contribution in [0.5, 0.6) is 5.75 Å². The van der Waals surface area contributed by atoms with E-state index in [0.29, 0.717) is 18.0 Å². The highest BCUT2D eigenvalue weighted by Crippen LogP contribution is 2.24. The first-order valence-electron chi connectivity index (χ1n) is 8.72. The Balaban J connectivity index is 2.13. The largest absolute Gasteiger partial charge is 0.494 e. The number of carbonyl (C=O) groups is 1. The second kappa shape index (κ2) is 8.54. The Labute approximate surface area is 161 Å². The lowest BCUT2D eigenvalue weighted by Gasteiger charge is -2.18. The summed E-state index contributed by atoms with van der Waals surface area (Å²) in [6.07, 6.45) is 0. The zero-order valence-corrected chi connectivity index (χ0v) is 17.2. The number of nitrogens with one attached hydrogen (secondary N) is 1. The molecule has 27 heavy (non-hydrogen) atoms. The highest BCUT2D eigenvalue weighted by atomic mass is 32.2. The molecule has 1 amide bonds. The van der Waals surface area contributed by atoms with Crippen LogP contribution in [0.2, 0.25) is 0 Å². The second-order valence-corrected chi connectivity index (χ2v) is 8.53. The molecule has 0 bridgehead atoms. The lowest BCUT2D eigenvalue weighted by atomic mass is 10.1. The molecule has 0 fully saturated rings. The number of amides is 1. The van der Waals surface area contributed by atoms with E-state index >= 15 is 0 Å². The summed E-state index contributed by atoms with van der Waals surface area (Å²) in [7, 11) is -2.39. The standard InChI is InChI=1S/C20H26N2O4S/c1-6-26-19-10-9-17(12-16(19)4)27(24,25)22(5)13-20(23)21-18-11-14(2)7-8-15(18)3/h7-12H,6,13H2,1-5H3,(H,21,23). The van der Waals surface area contributed by atoms with E-state index in [9.17, 15) is 13.2 Å². The molecule has 0 aliphatic carbocycles. The van der Waals surface area contributed by atoms with Gasteiger partial charge in [0.1, 0.15) is 5.75 Å². The molecule has 6 nitrogen and oxygen atoms in total. The minimum atomic E-state index is -3.78. The predicted octanol–water partition coefficient (Wildman–Crippen LogP) is 3.27. The van der Waals surface area contributed by atoms with Gasteiger partial charge in [-0.15, -0.1) is 0 Å². The van der Waals surface area contributed by atoms with Crippen molar-refractivity contribution in [3.63, 3.8) is 0 Å². The van der Waals surface area contributed by atoms with Gasteiger partial charge in [0.2, 0.25) is 15.9 Å². The molecule has 0 heterocycles. The van der Waals surface area contributed by atoms with Crippen molar-refractivity contribution in [1.82, 2.24) is 4.31 Å². The van der Waals surface area contributed by atoms with Crippen molar-refractivity contribution in [1.29, 1.82) is 0 Å². The Morgan fingerprint density at radius 3 is 2.41 bits per heavy atom. The minimum absolute atomic E-state index is 0.130. The molecule has 2 aromatic carbocycles. The molecule has 0 saturated carbocycles. The number of carbonyl (C=O) groups excluding carboxylic acids is 1. The third-order valence-electron chi connectivity index (χ3n) is 4.19. The highest BCUT2D eigenvalue weighted by Gasteiger charge is 2.24. The van der Waals surface area contributed by atoms with Crippen LogP contribution in [0, 0.1) is 20.8 Å². The van der Waals surface area contributed by atoms with Crippen LogP contribution in [-0.2, 0) is 14.8 Å². The second-order valence-electron chi connectivity index (χ2n) is 6.49. The lowest BCUT2D eigenvalue weighted by Crippen LogP contribution is -2.35. The Hall–Kier alpha value is -2.38. The van der Waals surface area contributed by atoms with Gasteiger partial charge < -0.3 is 10.1 Å². The lowest BCUT2D eigenvalue weighted by molar-refractivity contribution is -0.116. The normalized spacial score (nSPS) is 11.5. The van der Waals surface area contributed by atoms with Crippen molar-refractivity contribution in [2.24, 2.45) is 0 Å². The summed E-state index contributed by atoms with van der Waals surface area (Å²) < 4.78 is 32.0. The molecule has 0 spiro atoms. The van der Waals surface area contributed by atoms with Gasteiger partial charge >= 0.3 is 0 Å². The maximum absolute atomic E-state index is 12.8. The first-order valence-corrected chi connectivity index (χ1v) is 10.2. The average molecular weight is 391 g/mol. The Kier molecular flexibility index (Phi) is 6.62. The summed E-state index contributed by atoms with van der Waals surface area (Å²) >= 11 is 0. The zero-order valence-electron chi connectivity index (χ0n) is 16.4. The van der Waals surface area contributed by atoms with Gasteiger partial charge in [-0.05, 0) is 68.7 Å². The van der Waals surface area contributed by atoms with Crippen LogP contribution in [0.25, 0.3) is 0 Å². The molecule has 0 radical (unpaired) electrons. The summed E-state index contributed by atoms with van der Waals surface area (Å²) in [4.78, 5) is 12.5. The van der Waals surface area contributed by atoms with Crippen molar-refractivity contribution in [3.8, 4) is 5.75 Å². The van der Waals surface area contributed by atoms with Gasteiger partial charge in [-0.1, -0.05) is 12.1 Å². The molecular weight excluding hydrogens is 364 g/mol. The van der Waals surface area contributed by atoms with Gasteiger partial charge in [0.25, 0.3) is 0 Å². The van der Waals surface area contributed by atoms with Crippen LogP contribution < -0.4 is 10.1 Å². The summed E-state index contributed by atoms with van der Waals surface area (Å²) in [5, 5.41) is 2.78. The maximum Gasteiger partial charge on any atom is 0.243 e. The molecule has 0 aliphatic heterocycles. The number of hydrogen-bond donors (Lipinski definition) is 1. The van der Waals surface area contributed by atoms with Crippen molar-refractivity contribution in [2.75, 3.05) is 25.5 Å². The van der Waals surface area contributed by atoms with Crippen LogP contribution >= 0.6 is 0 Å². The molecule has 0 unspecified atom stereocenters. The van der Waals surface area contributed by atoms with E-state index in [4.69, 9.17) is 4.74 Å². The fraction of sp³-hybridized carbons (Fsp3) is 0.350. The quantitative estimate of drug-likeness (QED) is 0.787. The van der Waals surface area contributed by atoms with Crippen molar-refractivity contribution >= 4 is 21.6 Å². The van der Waals surface area contributed by atoms with Crippen molar-refractivity contribution in [3.05, 3.63) is 53.1 Å². The number of ether oxygens (including phenoxy) is 1. The fourth-order valence-corrected chi connectivity index (χ4v) is 3.84. The molecule has 0 aromatic heterocycles. The molecule has 7 heteroatoms. The first-order chi connectivity index (χ1) is 12.6. The minimum Gasteiger partial charge on any atom is -0.494 e. The van der Waals surface area contributed by atoms with E-state index in [0.717, 1.165) is 21.0 Å². The third kappa shape index (κ3) is 5.08. The molecule has 0 atom stereocenters. The van der Waals surface area contributed by atoms with E-state index in [1.165, 1.54) is 13.1 Å². The molecule has 0 saturated heterocycles. The molecule has 2 aromatic rings. The number of likely N-dealkylation sites (N-methyl/N-ethyl adjacent to an activating group) is 1. The topological polar surface area (TPSA) is 75.7 Å². The van der Waals surface area contributed by atoms with Gasteiger partial charge in [0.15, 0.2) is 0 Å². The first kappa shape index (κ1) is 20.9. The summed E-state index contributed by atoms with van der Waals surface area (Å²) in [6, 6.07) is 10.4. The molecule has 2 rings (SSSR count). The molecular formula is C20H26N2O4S. The van der Waals surface area contributed by atoms with E-state index < -0.39 is 15.9 Å². The zero-order chi connectivity index (χ0) is 20.2. The third-order valence-corrected chi connectivity index (χ3v) is 5.99. The Morgan fingerprint density at radius 2 is 1.78 bits per heavy atom. The summed E-state index contributed by atoms with van der Waals surface area (Å²) in [5.41, 5.74) is 3.34. The number of nitrogens with zero attached hydrogens (tertiary/aromatic N) is 1. The summed E-state index contributed by atoms with van der Waals surface area (Å²) in [5.74, 6) is 0.254. The predicted molar refractivity (Wildman–Crippen MR) is 107 cm³/mol. The van der Waals surface area contributed by atoms with Gasteiger partial charge in [-0.25, -0.2) is 8.42 Å². The van der Waals surface area contributed by atoms with Crippen molar-refractivity contribution < 1.29 is 17.9 Å². The fourth-order valence-electron chi connectivity index (χ4n) is 2.63. The highest BCUT2D eigenvalue weighted by molar-refractivity contribution is 7.89. The van der Waals surface area contributed by atoms with Gasteiger partial charge in [-0.3, -0.25) is 4.79 Å². The van der Waals surface area contributed by atoms with Gasteiger partial charge in [0, 0.05) is 12.7 Å². The van der Waals surface area contributed by atoms with Crippen LogP contribution in [0.1, 0.15) is 23.6 Å². The maximum atomic E-state index is 12.8. The smallest absolute Gasteiger partial charge is 0.243 e. The summed E-state index contributed by atoms with van der Waals surface area (Å²) in [6.45, 7) is 7.70. The number of sulfonamides is 1. The number of aryl methyl sites for hydroxylation is 3. The van der Waals surface area contributed by atoms with Crippen LogP contribution in [0.3, 0.4) is 0 Å². The van der Waals surface area contributed by atoms with Crippen LogP contribution in [0.4, 0.5) is 5.69 Å². The van der Waals surface area contributed by atoms with Crippen LogP contribution in [0.15, 0.2) is 41.3 Å². The van der Waals surface area contributed by atoms with E-state index in [1.807, 2.05) is 39.0 Å². The monoisotopic (exact) mass is 390 g/mol. The SMILES string of the molecule is CCOc1ccc(S(=O)(=O)N(C)CC(=O)Nc2cc(C)ccc2C)cc1C. The van der Waals surface area contributed by atoms with E-state index in [2.05, 4.69) is 5.32 Å². The van der Waals surface area contributed by atoms with Gasteiger partial charge in [-0.2, -0.15) is 4.31 Å². The number of hydrogen-bond acceptors (Lipinski definition) is 4. The van der Waals surface area contributed by atoms with E-state index in [-0.39, 0.29) is 11.4 Å². The molecule has 0 aliphatic rings. The Morgan fingerprint density at radius 1 is 1.07 bits per heavy atom. The van der Waals surface area contributed by atoms with Gasteiger partial charge in [0.05, 0.1) is 18.0 Å².